The highest BCUT2D eigenvalue weighted by atomic mass is 15.3. The average Bonchev–Trinajstić information content (AvgIpc) is 3.12. The van der Waals surface area contributed by atoms with E-state index < -0.39 is 0 Å². The lowest BCUT2D eigenvalue weighted by molar-refractivity contribution is -0.514. The highest BCUT2D eigenvalue weighted by Crippen LogP contribution is 2.14. The van der Waals surface area contributed by atoms with Crippen LogP contribution in [-0.4, -0.2) is 42.0 Å². The molecule has 0 N–H and O–H groups in total. The molecule has 0 saturated heterocycles. The third-order valence-corrected chi connectivity index (χ3v) is 5.96. The van der Waals surface area contributed by atoms with Crippen molar-refractivity contribution >= 4 is 6.34 Å². The van der Waals surface area contributed by atoms with E-state index in [1.807, 2.05) is 0 Å². The molecule has 0 saturated carbocycles. The van der Waals surface area contributed by atoms with Crippen LogP contribution in [0.3, 0.4) is 0 Å². The lowest BCUT2D eigenvalue weighted by Gasteiger charge is -2.04. The van der Waals surface area contributed by atoms with Gasteiger partial charge in [-0.3, -0.25) is 9.48 Å². The van der Waals surface area contributed by atoms with Gasteiger partial charge in [0.15, 0.2) is 0 Å². The Bertz CT molecular complexity index is 324. The number of unbranched alkanes of at least 4 members (excludes halogenated alkanes) is 16. The van der Waals surface area contributed by atoms with Crippen LogP contribution in [0.2, 0.25) is 0 Å². The van der Waals surface area contributed by atoms with E-state index in [2.05, 4.69) is 29.7 Å². The predicted octanol–water partition coefficient (Wildman–Crippen LogP) is 7.01. The molecule has 0 aromatic rings. The van der Waals surface area contributed by atoms with E-state index in [1.54, 1.807) is 0 Å². The van der Waals surface area contributed by atoms with Crippen molar-refractivity contribution < 1.29 is 4.58 Å². The van der Waals surface area contributed by atoms with Crippen LogP contribution in [0.4, 0.5) is 0 Å². The summed E-state index contributed by atoms with van der Waals surface area (Å²) in [5.41, 5.74) is 0. The Kier molecular flexibility index (Phi) is 16.2. The van der Waals surface area contributed by atoms with Crippen molar-refractivity contribution in [2.24, 2.45) is 0 Å². The summed E-state index contributed by atoms with van der Waals surface area (Å²) in [6, 6.07) is 0. The summed E-state index contributed by atoms with van der Waals surface area (Å²) in [7, 11) is 0. The second-order valence-corrected chi connectivity index (χ2v) is 8.44. The Balaban J connectivity index is 1.70. The van der Waals surface area contributed by atoms with Crippen LogP contribution < -0.4 is 0 Å². The summed E-state index contributed by atoms with van der Waals surface area (Å²) in [4.78, 5) is 2.42. The average molecular weight is 366 g/mol. The fraction of sp³-hybridized carbons (Fsp3) is 0.958. The second kappa shape index (κ2) is 17.9. The third kappa shape index (κ3) is 13.6. The Hall–Kier alpha value is -0.530. The first-order chi connectivity index (χ1) is 12.9. The van der Waals surface area contributed by atoms with Gasteiger partial charge in [-0.2, -0.15) is 0 Å². The van der Waals surface area contributed by atoms with Crippen molar-refractivity contribution in [1.29, 1.82) is 0 Å². The number of hydrogen-bond acceptors (Lipinski definition) is 1. The van der Waals surface area contributed by atoms with Crippen molar-refractivity contribution in [3.63, 3.8) is 0 Å². The SMILES string of the molecule is CCCCCCCCCCCCCCCCCCC[N+]1=CN(CC)CC1. The minimum Gasteiger partial charge on any atom is -0.265 e. The van der Waals surface area contributed by atoms with Gasteiger partial charge in [0, 0.05) is 0 Å². The molecule has 0 unspecified atom stereocenters. The molecule has 1 rings (SSSR count). The zero-order chi connectivity index (χ0) is 18.7. The molecule has 1 aliphatic heterocycles. The highest BCUT2D eigenvalue weighted by Gasteiger charge is 2.15. The predicted molar refractivity (Wildman–Crippen MR) is 117 cm³/mol. The van der Waals surface area contributed by atoms with Gasteiger partial charge in [0.2, 0.25) is 6.34 Å². The lowest BCUT2D eigenvalue weighted by atomic mass is 10.0. The lowest BCUT2D eigenvalue weighted by Crippen LogP contribution is -2.18. The molecule has 0 aliphatic carbocycles. The van der Waals surface area contributed by atoms with Gasteiger partial charge < -0.3 is 0 Å². The van der Waals surface area contributed by atoms with Gasteiger partial charge in [-0.15, -0.1) is 0 Å². The Labute approximate surface area is 165 Å². The fourth-order valence-electron chi connectivity index (χ4n) is 4.05. The smallest absolute Gasteiger partial charge is 0.234 e. The summed E-state index contributed by atoms with van der Waals surface area (Å²) >= 11 is 0. The normalized spacial score (nSPS) is 14.2. The Morgan fingerprint density at radius 3 is 1.42 bits per heavy atom. The first kappa shape index (κ1) is 23.5. The van der Waals surface area contributed by atoms with Crippen molar-refractivity contribution in [2.75, 3.05) is 26.2 Å². The van der Waals surface area contributed by atoms with E-state index in [0.717, 1.165) is 6.54 Å². The van der Waals surface area contributed by atoms with E-state index in [0.29, 0.717) is 0 Å². The molecule has 1 heterocycles. The largest absolute Gasteiger partial charge is 0.265 e. The van der Waals surface area contributed by atoms with Crippen molar-refractivity contribution in [2.45, 2.75) is 123 Å². The van der Waals surface area contributed by atoms with Gasteiger partial charge in [-0.1, -0.05) is 103 Å². The standard InChI is InChI=1S/C24H49N2/c1-3-5-6-7-8-9-10-11-12-13-14-15-16-17-18-19-20-21-26-23-22-25(4-2)24-26/h24H,3-23H2,1-2H3/q+1. The van der Waals surface area contributed by atoms with Gasteiger partial charge in [0.1, 0.15) is 13.1 Å². The number of nitrogens with zero attached hydrogens (tertiary/aromatic N) is 2. The quantitative estimate of drug-likeness (QED) is 0.176. The molecule has 0 spiro atoms. The number of likely N-dealkylation sites (N-methyl/N-ethyl adjacent to an activating group) is 1. The molecule has 0 fully saturated rings. The minimum atomic E-state index is 1.16. The summed E-state index contributed by atoms with van der Waals surface area (Å²) < 4.78 is 2.51. The summed E-state index contributed by atoms with van der Waals surface area (Å²) in [5, 5.41) is 0. The molecule has 154 valence electrons. The maximum Gasteiger partial charge on any atom is 0.234 e. The molecule has 0 aromatic carbocycles. The first-order valence-electron chi connectivity index (χ1n) is 12.2. The van der Waals surface area contributed by atoms with Crippen molar-refractivity contribution in [1.82, 2.24) is 4.90 Å². The summed E-state index contributed by atoms with van der Waals surface area (Å²) in [5.74, 6) is 0. The van der Waals surface area contributed by atoms with Gasteiger partial charge in [-0.05, 0) is 19.8 Å². The van der Waals surface area contributed by atoms with E-state index in [9.17, 15) is 0 Å². The first-order valence-corrected chi connectivity index (χ1v) is 12.2. The molecule has 0 radical (unpaired) electrons. The molecule has 0 atom stereocenters. The summed E-state index contributed by atoms with van der Waals surface area (Å²) in [6.45, 7) is 9.46. The van der Waals surface area contributed by atoms with Gasteiger partial charge in [-0.25, -0.2) is 0 Å². The van der Waals surface area contributed by atoms with Crippen LogP contribution in [0.15, 0.2) is 0 Å². The van der Waals surface area contributed by atoms with Crippen LogP contribution >= 0.6 is 0 Å². The molecule has 1 aliphatic rings. The van der Waals surface area contributed by atoms with Crippen molar-refractivity contribution in [3.8, 4) is 0 Å². The second-order valence-electron chi connectivity index (χ2n) is 8.44. The monoisotopic (exact) mass is 365 g/mol. The molecule has 26 heavy (non-hydrogen) atoms. The van der Waals surface area contributed by atoms with E-state index in [-0.39, 0.29) is 0 Å². The molecule has 0 amide bonds. The zero-order valence-electron chi connectivity index (χ0n) is 18.3. The van der Waals surface area contributed by atoms with Crippen LogP contribution in [0.1, 0.15) is 123 Å². The van der Waals surface area contributed by atoms with E-state index in [4.69, 9.17) is 0 Å². The van der Waals surface area contributed by atoms with Crippen LogP contribution in [0.25, 0.3) is 0 Å². The maximum atomic E-state index is 2.51. The molecule has 2 nitrogen and oxygen atoms in total. The molecule has 0 aromatic heterocycles. The maximum absolute atomic E-state index is 2.51. The van der Waals surface area contributed by atoms with Gasteiger partial charge >= 0.3 is 0 Å². The molecule has 2 heteroatoms. The van der Waals surface area contributed by atoms with E-state index in [1.165, 1.54) is 129 Å². The number of rotatable bonds is 19. The molecule has 0 bridgehead atoms. The Morgan fingerprint density at radius 1 is 0.615 bits per heavy atom. The summed E-state index contributed by atoms with van der Waals surface area (Å²) in [6.07, 6.45) is 27.1. The van der Waals surface area contributed by atoms with Crippen molar-refractivity contribution in [3.05, 3.63) is 0 Å². The van der Waals surface area contributed by atoms with Crippen LogP contribution in [-0.2, 0) is 0 Å². The highest BCUT2D eigenvalue weighted by molar-refractivity contribution is 5.50. The van der Waals surface area contributed by atoms with E-state index >= 15 is 0 Å². The zero-order valence-corrected chi connectivity index (χ0v) is 18.3. The topological polar surface area (TPSA) is 6.25 Å². The van der Waals surface area contributed by atoms with Gasteiger partial charge in [0.25, 0.3) is 0 Å². The molecular formula is C24H49N2+. The van der Waals surface area contributed by atoms with Crippen LogP contribution in [0.5, 0.6) is 0 Å². The Morgan fingerprint density at radius 2 is 1.04 bits per heavy atom. The number of hydrogen-bond donors (Lipinski definition) is 0. The fourth-order valence-corrected chi connectivity index (χ4v) is 4.05. The van der Waals surface area contributed by atoms with Gasteiger partial charge in [0.05, 0.1) is 13.1 Å². The van der Waals surface area contributed by atoms with Crippen LogP contribution in [0, 0.1) is 0 Å². The third-order valence-electron chi connectivity index (χ3n) is 5.96. The minimum absolute atomic E-state index is 1.16. The molecular weight excluding hydrogens is 316 g/mol.